The van der Waals surface area contributed by atoms with Gasteiger partial charge in [-0.1, -0.05) is 24.3 Å². The molecule has 1 atom stereocenters. The van der Waals surface area contributed by atoms with Crippen molar-refractivity contribution < 1.29 is 5.11 Å². The molecule has 0 aliphatic carbocycles. The molecule has 1 nitrogen and oxygen atoms in total. The third-order valence-electron chi connectivity index (χ3n) is 1.97. The van der Waals surface area contributed by atoms with Crippen molar-refractivity contribution in [3.63, 3.8) is 0 Å². The van der Waals surface area contributed by atoms with E-state index in [2.05, 4.69) is 29.2 Å². The molecule has 0 amide bonds. The summed E-state index contributed by atoms with van der Waals surface area (Å²) in [5, 5.41) is 9.75. The molecule has 0 bridgehead atoms. The van der Waals surface area contributed by atoms with E-state index in [1.165, 1.54) is 5.56 Å². The third kappa shape index (κ3) is 2.54. The average Bonchev–Trinajstić information content (AvgIpc) is 2.10. The highest BCUT2D eigenvalue weighted by molar-refractivity contribution is 14.1. The van der Waals surface area contributed by atoms with Gasteiger partial charge in [-0.05, 0) is 47.1 Å². The molecule has 1 unspecified atom stereocenters. The zero-order chi connectivity index (χ0) is 9.84. The largest absolute Gasteiger partial charge is 0.388 e. The highest BCUT2D eigenvalue weighted by atomic mass is 127. The molecule has 0 fully saturated rings. The van der Waals surface area contributed by atoms with E-state index in [1.54, 1.807) is 6.08 Å². The van der Waals surface area contributed by atoms with Crippen molar-refractivity contribution in [3.8, 4) is 0 Å². The molecule has 1 N–H and O–H groups in total. The predicted octanol–water partition coefficient (Wildman–Crippen LogP) is 3.21. The molecule has 0 saturated heterocycles. The maximum atomic E-state index is 9.75. The van der Waals surface area contributed by atoms with Crippen LogP contribution in [0.4, 0.5) is 0 Å². The van der Waals surface area contributed by atoms with Gasteiger partial charge in [-0.3, -0.25) is 0 Å². The third-order valence-corrected chi connectivity index (χ3v) is 3.44. The molecule has 13 heavy (non-hydrogen) atoms. The number of aliphatic hydroxyl groups is 1. The summed E-state index contributed by atoms with van der Waals surface area (Å²) in [4.78, 5) is 0. The number of halogens is 1. The molecule has 70 valence electrons. The van der Waals surface area contributed by atoms with E-state index in [0.29, 0.717) is 6.42 Å². The molecule has 0 radical (unpaired) electrons. The summed E-state index contributed by atoms with van der Waals surface area (Å²) in [6.07, 6.45) is 1.94. The number of rotatable bonds is 3. The van der Waals surface area contributed by atoms with Crippen LogP contribution in [0.2, 0.25) is 0 Å². The Morgan fingerprint density at radius 1 is 1.62 bits per heavy atom. The topological polar surface area (TPSA) is 20.2 Å². The van der Waals surface area contributed by atoms with Crippen molar-refractivity contribution in [2.24, 2.45) is 0 Å². The summed E-state index contributed by atoms with van der Waals surface area (Å²) < 4.78 is 1.15. The quantitative estimate of drug-likeness (QED) is 0.669. The van der Waals surface area contributed by atoms with E-state index in [0.717, 1.165) is 9.13 Å². The lowest BCUT2D eigenvalue weighted by atomic mass is 10.0. The monoisotopic (exact) mass is 288 g/mol. The fourth-order valence-corrected chi connectivity index (χ4v) is 1.93. The molecular formula is C11H13IO. The maximum Gasteiger partial charge on any atom is 0.0834 e. The lowest BCUT2D eigenvalue weighted by Crippen LogP contribution is -1.99. The van der Waals surface area contributed by atoms with Gasteiger partial charge in [-0.25, -0.2) is 0 Å². The van der Waals surface area contributed by atoms with Gasteiger partial charge in [0, 0.05) is 3.57 Å². The summed E-state index contributed by atoms with van der Waals surface area (Å²) in [6, 6.07) is 5.98. The number of benzene rings is 1. The summed E-state index contributed by atoms with van der Waals surface area (Å²) >= 11 is 2.27. The molecule has 1 aromatic rings. The first-order chi connectivity index (χ1) is 6.16. The summed E-state index contributed by atoms with van der Waals surface area (Å²) in [5.41, 5.74) is 2.21. The lowest BCUT2D eigenvalue weighted by molar-refractivity contribution is 0.180. The molecule has 2 heteroatoms. The van der Waals surface area contributed by atoms with Gasteiger partial charge in [0.25, 0.3) is 0 Å². The van der Waals surface area contributed by atoms with E-state index in [1.807, 2.05) is 25.1 Å². The Morgan fingerprint density at radius 3 is 2.92 bits per heavy atom. The minimum atomic E-state index is -0.413. The first-order valence-corrected chi connectivity index (χ1v) is 5.28. The second kappa shape index (κ2) is 4.77. The van der Waals surface area contributed by atoms with Gasteiger partial charge in [0.15, 0.2) is 0 Å². The highest BCUT2D eigenvalue weighted by Gasteiger charge is 2.09. The minimum absolute atomic E-state index is 0.413. The SMILES string of the molecule is C=CCC(O)c1cccc(C)c1I. The van der Waals surface area contributed by atoms with Crippen molar-refractivity contribution in [3.05, 3.63) is 45.6 Å². The molecule has 1 aromatic carbocycles. The van der Waals surface area contributed by atoms with E-state index < -0.39 is 6.10 Å². The van der Waals surface area contributed by atoms with Crippen LogP contribution >= 0.6 is 22.6 Å². The fourth-order valence-electron chi connectivity index (χ4n) is 1.21. The highest BCUT2D eigenvalue weighted by Crippen LogP contribution is 2.24. The van der Waals surface area contributed by atoms with Crippen LogP contribution in [0.25, 0.3) is 0 Å². The van der Waals surface area contributed by atoms with E-state index in [-0.39, 0.29) is 0 Å². The minimum Gasteiger partial charge on any atom is -0.388 e. The zero-order valence-electron chi connectivity index (χ0n) is 7.63. The lowest BCUT2D eigenvalue weighted by Gasteiger charge is -2.12. The Bertz CT molecular complexity index is 307. The van der Waals surface area contributed by atoms with Crippen molar-refractivity contribution in [2.75, 3.05) is 0 Å². The van der Waals surface area contributed by atoms with Gasteiger partial charge in [0.05, 0.1) is 6.10 Å². The summed E-state index contributed by atoms with van der Waals surface area (Å²) in [5.74, 6) is 0. The van der Waals surface area contributed by atoms with Gasteiger partial charge >= 0.3 is 0 Å². The van der Waals surface area contributed by atoms with E-state index in [4.69, 9.17) is 0 Å². The second-order valence-electron chi connectivity index (χ2n) is 3.02. The van der Waals surface area contributed by atoms with Crippen LogP contribution in [0, 0.1) is 10.5 Å². The fraction of sp³-hybridized carbons (Fsp3) is 0.273. The number of aryl methyl sites for hydroxylation is 1. The molecule has 0 heterocycles. The molecule has 1 rings (SSSR count). The first-order valence-electron chi connectivity index (χ1n) is 4.20. The summed E-state index contributed by atoms with van der Waals surface area (Å²) in [7, 11) is 0. The molecule has 0 aromatic heterocycles. The average molecular weight is 288 g/mol. The van der Waals surface area contributed by atoms with Crippen molar-refractivity contribution >= 4 is 22.6 Å². The first kappa shape index (κ1) is 10.7. The van der Waals surface area contributed by atoms with Gasteiger partial charge < -0.3 is 5.11 Å². The molecule has 0 aliphatic rings. The van der Waals surface area contributed by atoms with Gasteiger partial charge in [0.1, 0.15) is 0 Å². The molecule has 0 spiro atoms. The Hall–Kier alpha value is -0.350. The van der Waals surface area contributed by atoms with E-state index in [9.17, 15) is 5.11 Å². The molecule has 0 aliphatic heterocycles. The predicted molar refractivity (Wildman–Crippen MR) is 63.7 cm³/mol. The molecule has 0 saturated carbocycles. The van der Waals surface area contributed by atoms with Crippen molar-refractivity contribution in [1.82, 2.24) is 0 Å². The normalized spacial score (nSPS) is 12.5. The zero-order valence-corrected chi connectivity index (χ0v) is 9.78. The second-order valence-corrected chi connectivity index (χ2v) is 4.10. The Labute approximate surface area is 92.6 Å². The Balaban J connectivity index is 3.00. The molecular weight excluding hydrogens is 275 g/mol. The van der Waals surface area contributed by atoms with Crippen molar-refractivity contribution in [2.45, 2.75) is 19.4 Å². The van der Waals surface area contributed by atoms with Crippen LogP contribution in [-0.2, 0) is 0 Å². The van der Waals surface area contributed by atoms with Gasteiger partial charge in [0.2, 0.25) is 0 Å². The van der Waals surface area contributed by atoms with E-state index >= 15 is 0 Å². The van der Waals surface area contributed by atoms with Crippen LogP contribution in [0.3, 0.4) is 0 Å². The van der Waals surface area contributed by atoms with Crippen LogP contribution in [0.1, 0.15) is 23.7 Å². The maximum absolute atomic E-state index is 9.75. The van der Waals surface area contributed by atoms with Crippen LogP contribution in [0.15, 0.2) is 30.9 Å². The number of aliphatic hydroxyl groups excluding tert-OH is 1. The van der Waals surface area contributed by atoms with Crippen LogP contribution in [0.5, 0.6) is 0 Å². The van der Waals surface area contributed by atoms with Crippen LogP contribution < -0.4 is 0 Å². The Kier molecular flexibility index (Phi) is 3.93. The van der Waals surface area contributed by atoms with Crippen molar-refractivity contribution in [1.29, 1.82) is 0 Å². The Morgan fingerprint density at radius 2 is 2.31 bits per heavy atom. The number of hydrogen-bond donors (Lipinski definition) is 1. The summed E-state index contributed by atoms with van der Waals surface area (Å²) in [6.45, 7) is 5.66. The number of hydrogen-bond acceptors (Lipinski definition) is 1. The smallest absolute Gasteiger partial charge is 0.0834 e. The standard InChI is InChI=1S/C11H13IO/c1-3-5-10(13)9-7-4-6-8(2)11(9)12/h3-4,6-7,10,13H,1,5H2,2H3. The van der Waals surface area contributed by atoms with Gasteiger partial charge in [-0.2, -0.15) is 0 Å². The van der Waals surface area contributed by atoms with Crippen LogP contribution in [-0.4, -0.2) is 5.11 Å². The van der Waals surface area contributed by atoms with Gasteiger partial charge in [-0.15, -0.1) is 6.58 Å².